The second-order valence-electron chi connectivity index (χ2n) is 5.16. The van der Waals surface area contributed by atoms with Crippen molar-refractivity contribution in [2.75, 3.05) is 0 Å². The van der Waals surface area contributed by atoms with Gasteiger partial charge in [-0.3, -0.25) is 4.79 Å². The molecule has 0 amide bonds. The highest BCUT2D eigenvalue weighted by atomic mass is 16.5. The summed E-state index contributed by atoms with van der Waals surface area (Å²) in [6.45, 7) is 4.15. The molecule has 106 valence electrons. The van der Waals surface area contributed by atoms with Crippen LogP contribution >= 0.6 is 0 Å². The van der Waals surface area contributed by atoms with Crippen molar-refractivity contribution in [1.82, 2.24) is 0 Å². The number of ether oxygens (including phenoxy) is 2. The highest BCUT2D eigenvalue weighted by Gasteiger charge is 2.31. The summed E-state index contributed by atoms with van der Waals surface area (Å²) < 4.78 is 11.4. The molecule has 1 aliphatic heterocycles. The van der Waals surface area contributed by atoms with Gasteiger partial charge in [-0.15, -0.1) is 0 Å². The lowest BCUT2D eigenvalue weighted by atomic mass is 10.1. The number of benzene rings is 2. The smallest absolute Gasteiger partial charge is 0.235 e. The van der Waals surface area contributed by atoms with Crippen LogP contribution in [0.1, 0.15) is 29.8 Å². The number of hydrogen-bond donors (Lipinski definition) is 0. The SMILES string of the molecule is CC(C)=C1Oc2cccc(OCc3ccccc3)c2C1=O. The first kappa shape index (κ1) is 13.4. The van der Waals surface area contributed by atoms with E-state index in [9.17, 15) is 4.79 Å². The molecule has 0 fully saturated rings. The Bertz CT molecular complexity index is 710. The van der Waals surface area contributed by atoms with Crippen molar-refractivity contribution in [2.45, 2.75) is 20.5 Å². The molecule has 0 N–H and O–H groups in total. The molecule has 0 bridgehead atoms. The normalized spacial score (nSPS) is 12.9. The van der Waals surface area contributed by atoms with Gasteiger partial charge in [0.15, 0.2) is 5.76 Å². The quantitative estimate of drug-likeness (QED) is 0.793. The van der Waals surface area contributed by atoms with Crippen LogP contribution in [-0.2, 0) is 6.61 Å². The summed E-state index contributed by atoms with van der Waals surface area (Å²) in [6, 6.07) is 15.3. The summed E-state index contributed by atoms with van der Waals surface area (Å²) in [7, 11) is 0. The van der Waals surface area contributed by atoms with Crippen molar-refractivity contribution < 1.29 is 14.3 Å². The highest BCUT2D eigenvalue weighted by molar-refractivity contribution is 6.14. The Morgan fingerprint density at radius 3 is 2.52 bits per heavy atom. The molecule has 2 aromatic carbocycles. The Labute approximate surface area is 123 Å². The van der Waals surface area contributed by atoms with Gasteiger partial charge in [0.1, 0.15) is 23.7 Å². The van der Waals surface area contributed by atoms with E-state index < -0.39 is 0 Å². The van der Waals surface area contributed by atoms with E-state index in [1.807, 2.05) is 50.2 Å². The van der Waals surface area contributed by atoms with Crippen molar-refractivity contribution in [3.8, 4) is 11.5 Å². The molecule has 0 radical (unpaired) electrons. The molecular formula is C18H16O3. The largest absolute Gasteiger partial charge is 0.488 e. The first-order chi connectivity index (χ1) is 10.2. The van der Waals surface area contributed by atoms with Crippen LogP contribution in [0.15, 0.2) is 59.9 Å². The van der Waals surface area contributed by atoms with Crippen LogP contribution in [0.4, 0.5) is 0 Å². The summed E-state index contributed by atoms with van der Waals surface area (Å²) in [5, 5.41) is 0. The molecule has 3 heteroatoms. The standard InChI is InChI=1S/C18H16O3/c1-12(2)18-17(19)16-14(9-6-10-15(16)21-18)20-11-13-7-4-3-5-8-13/h3-10H,11H2,1-2H3. The van der Waals surface area contributed by atoms with E-state index in [4.69, 9.17) is 9.47 Å². The monoisotopic (exact) mass is 280 g/mol. The summed E-state index contributed by atoms with van der Waals surface area (Å²) in [6.07, 6.45) is 0. The maximum Gasteiger partial charge on any atom is 0.235 e. The number of rotatable bonds is 3. The van der Waals surface area contributed by atoms with Crippen LogP contribution in [0.5, 0.6) is 11.5 Å². The lowest BCUT2D eigenvalue weighted by molar-refractivity contribution is 0.101. The number of Topliss-reactive ketones (excluding diaryl/α,β-unsaturated/α-hetero) is 1. The summed E-state index contributed by atoms with van der Waals surface area (Å²) in [5.41, 5.74) is 2.44. The molecule has 2 aromatic rings. The minimum absolute atomic E-state index is 0.103. The first-order valence-electron chi connectivity index (χ1n) is 6.86. The Balaban J connectivity index is 1.88. The third-order valence-electron chi connectivity index (χ3n) is 3.32. The second kappa shape index (κ2) is 5.44. The Morgan fingerprint density at radius 2 is 1.81 bits per heavy atom. The van der Waals surface area contributed by atoms with Gasteiger partial charge in [-0.1, -0.05) is 36.4 Å². The van der Waals surface area contributed by atoms with Crippen LogP contribution in [0.3, 0.4) is 0 Å². The summed E-state index contributed by atoms with van der Waals surface area (Å²) >= 11 is 0. The van der Waals surface area contributed by atoms with Gasteiger partial charge in [0.05, 0.1) is 0 Å². The van der Waals surface area contributed by atoms with Crippen molar-refractivity contribution in [3.63, 3.8) is 0 Å². The number of carbonyl (C=O) groups is 1. The lowest BCUT2D eigenvalue weighted by Gasteiger charge is -2.08. The number of carbonyl (C=O) groups excluding carboxylic acids is 1. The van der Waals surface area contributed by atoms with Gasteiger partial charge in [0.25, 0.3) is 0 Å². The van der Waals surface area contributed by atoms with Gasteiger partial charge in [-0.2, -0.15) is 0 Å². The molecule has 3 rings (SSSR count). The predicted octanol–water partition coefficient (Wildman–Crippen LogP) is 4.13. The van der Waals surface area contributed by atoms with Gasteiger partial charge < -0.3 is 9.47 Å². The van der Waals surface area contributed by atoms with Crippen LogP contribution in [0.25, 0.3) is 0 Å². The lowest BCUT2D eigenvalue weighted by Crippen LogP contribution is -2.03. The van der Waals surface area contributed by atoms with Crippen LogP contribution in [0, 0.1) is 0 Å². The van der Waals surface area contributed by atoms with Gasteiger partial charge in [-0.25, -0.2) is 0 Å². The number of ketones is 1. The highest BCUT2D eigenvalue weighted by Crippen LogP contribution is 2.38. The fourth-order valence-electron chi connectivity index (χ4n) is 2.27. The minimum Gasteiger partial charge on any atom is -0.488 e. The van der Waals surface area contributed by atoms with E-state index in [2.05, 4.69) is 0 Å². The number of fused-ring (bicyclic) bond motifs is 1. The molecular weight excluding hydrogens is 264 g/mol. The zero-order valence-electron chi connectivity index (χ0n) is 12.1. The molecule has 0 unspecified atom stereocenters. The topological polar surface area (TPSA) is 35.5 Å². The number of hydrogen-bond acceptors (Lipinski definition) is 3. The minimum atomic E-state index is -0.103. The molecule has 3 nitrogen and oxygen atoms in total. The van der Waals surface area contributed by atoms with E-state index in [0.717, 1.165) is 11.1 Å². The molecule has 0 atom stereocenters. The molecule has 0 aromatic heterocycles. The molecule has 0 aliphatic carbocycles. The van der Waals surface area contributed by atoms with Crippen molar-refractivity contribution in [2.24, 2.45) is 0 Å². The van der Waals surface area contributed by atoms with Gasteiger partial charge in [0, 0.05) is 0 Å². The Morgan fingerprint density at radius 1 is 1.05 bits per heavy atom. The van der Waals surface area contributed by atoms with Gasteiger partial charge >= 0.3 is 0 Å². The molecule has 1 aliphatic rings. The zero-order chi connectivity index (χ0) is 14.8. The maximum atomic E-state index is 12.4. The average Bonchev–Trinajstić information content (AvgIpc) is 2.84. The third kappa shape index (κ3) is 2.55. The van der Waals surface area contributed by atoms with Crippen molar-refractivity contribution in [1.29, 1.82) is 0 Å². The van der Waals surface area contributed by atoms with Crippen molar-refractivity contribution in [3.05, 3.63) is 71.0 Å². The average molecular weight is 280 g/mol. The Hall–Kier alpha value is -2.55. The van der Waals surface area contributed by atoms with Crippen molar-refractivity contribution >= 4 is 5.78 Å². The first-order valence-corrected chi connectivity index (χ1v) is 6.86. The molecule has 0 spiro atoms. The summed E-state index contributed by atoms with van der Waals surface area (Å²) in [5.74, 6) is 1.44. The second-order valence-corrected chi connectivity index (χ2v) is 5.16. The number of allylic oxidation sites excluding steroid dienone is 2. The molecule has 21 heavy (non-hydrogen) atoms. The predicted molar refractivity (Wildman–Crippen MR) is 80.5 cm³/mol. The fraction of sp³-hybridized carbons (Fsp3) is 0.167. The van der Waals surface area contributed by atoms with Crippen LogP contribution < -0.4 is 9.47 Å². The zero-order valence-corrected chi connectivity index (χ0v) is 12.1. The maximum absolute atomic E-state index is 12.4. The van der Waals surface area contributed by atoms with E-state index >= 15 is 0 Å². The van der Waals surface area contributed by atoms with E-state index in [1.165, 1.54) is 0 Å². The van der Waals surface area contributed by atoms with E-state index in [-0.39, 0.29) is 5.78 Å². The molecule has 0 saturated heterocycles. The third-order valence-corrected chi connectivity index (χ3v) is 3.32. The molecule has 0 saturated carbocycles. The van der Waals surface area contributed by atoms with Gasteiger partial charge in [-0.05, 0) is 37.1 Å². The van der Waals surface area contributed by atoms with E-state index in [0.29, 0.717) is 29.4 Å². The van der Waals surface area contributed by atoms with Gasteiger partial charge in [0.2, 0.25) is 5.78 Å². The van der Waals surface area contributed by atoms with Crippen LogP contribution in [-0.4, -0.2) is 5.78 Å². The summed E-state index contributed by atoms with van der Waals surface area (Å²) in [4.78, 5) is 12.4. The van der Waals surface area contributed by atoms with Crippen LogP contribution in [0.2, 0.25) is 0 Å². The van der Waals surface area contributed by atoms with E-state index in [1.54, 1.807) is 12.1 Å². The molecule has 1 heterocycles. The fourth-order valence-corrected chi connectivity index (χ4v) is 2.27. The Kier molecular flexibility index (Phi) is 3.48.